The molecule has 30 heavy (non-hydrogen) atoms. The minimum absolute atomic E-state index is 0.272. The van der Waals surface area contributed by atoms with Gasteiger partial charge in [-0.3, -0.25) is 4.40 Å². The van der Waals surface area contributed by atoms with Gasteiger partial charge in [-0.25, -0.2) is 4.98 Å². The Morgan fingerprint density at radius 1 is 0.933 bits per heavy atom. The van der Waals surface area contributed by atoms with Crippen LogP contribution in [0.4, 0.5) is 10.8 Å². The molecule has 1 aliphatic heterocycles. The number of benzene rings is 2. The molecule has 0 aliphatic carbocycles. The number of ether oxygens (including phenoxy) is 2. The number of anilines is 2. The van der Waals surface area contributed by atoms with E-state index in [-0.39, 0.29) is 6.79 Å². The van der Waals surface area contributed by atoms with Crippen LogP contribution in [0.2, 0.25) is 0 Å². The molecular formula is C22H15N5O2S. The lowest BCUT2D eigenvalue weighted by Gasteiger charge is -2.08. The van der Waals surface area contributed by atoms with E-state index >= 15 is 0 Å². The highest BCUT2D eigenvalue weighted by atomic mass is 32.1. The smallest absolute Gasteiger partial charge is 0.231 e. The molecule has 0 saturated carbocycles. The zero-order valence-corrected chi connectivity index (χ0v) is 16.5. The van der Waals surface area contributed by atoms with E-state index in [1.165, 1.54) is 11.3 Å². The van der Waals surface area contributed by atoms with Gasteiger partial charge in [0.1, 0.15) is 11.2 Å². The first kappa shape index (κ1) is 17.0. The molecule has 0 bridgehead atoms. The maximum absolute atomic E-state index is 5.50. The SMILES string of the molecule is c1cc(Nc2nncs2)cc(-c2cnc3cc(-c4ccc5c(c4)OCO5)ccn23)c1. The predicted octanol–water partition coefficient (Wildman–Crippen LogP) is 4.99. The van der Waals surface area contributed by atoms with Crippen LogP contribution in [-0.4, -0.2) is 26.4 Å². The van der Waals surface area contributed by atoms with Gasteiger partial charge < -0.3 is 14.8 Å². The van der Waals surface area contributed by atoms with Gasteiger partial charge in [0.15, 0.2) is 11.5 Å². The van der Waals surface area contributed by atoms with Crippen LogP contribution in [0.3, 0.4) is 0 Å². The fourth-order valence-corrected chi connectivity index (χ4v) is 4.02. The number of rotatable bonds is 4. The van der Waals surface area contributed by atoms with Gasteiger partial charge in [0.05, 0.1) is 11.9 Å². The number of imidazole rings is 1. The van der Waals surface area contributed by atoms with E-state index in [9.17, 15) is 0 Å². The van der Waals surface area contributed by atoms with Gasteiger partial charge in [-0.05, 0) is 47.5 Å². The summed E-state index contributed by atoms with van der Waals surface area (Å²) < 4.78 is 13.0. The summed E-state index contributed by atoms with van der Waals surface area (Å²) in [6.45, 7) is 0.272. The van der Waals surface area contributed by atoms with Crippen LogP contribution in [-0.2, 0) is 0 Å². The summed E-state index contributed by atoms with van der Waals surface area (Å²) in [6, 6.07) is 18.3. The fourth-order valence-electron chi connectivity index (χ4n) is 3.56. The van der Waals surface area contributed by atoms with Crippen molar-refractivity contribution in [2.45, 2.75) is 0 Å². The molecule has 8 heteroatoms. The van der Waals surface area contributed by atoms with Gasteiger partial charge in [0, 0.05) is 17.4 Å². The maximum Gasteiger partial charge on any atom is 0.231 e. The minimum atomic E-state index is 0.272. The van der Waals surface area contributed by atoms with Crippen LogP contribution in [0.25, 0.3) is 28.0 Å². The Labute approximate surface area is 175 Å². The summed E-state index contributed by atoms with van der Waals surface area (Å²) in [6.07, 6.45) is 3.94. The quantitative estimate of drug-likeness (QED) is 0.447. The summed E-state index contributed by atoms with van der Waals surface area (Å²) in [7, 11) is 0. The average molecular weight is 413 g/mol. The number of nitrogens with one attached hydrogen (secondary N) is 1. The topological polar surface area (TPSA) is 73.6 Å². The second kappa shape index (κ2) is 6.85. The van der Waals surface area contributed by atoms with E-state index in [0.717, 1.165) is 50.3 Å². The zero-order valence-electron chi connectivity index (χ0n) is 15.6. The van der Waals surface area contributed by atoms with Crippen molar-refractivity contribution in [3.63, 3.8) is 0 Å². The molecule has 0 spiro atoms. The normalized spacial score (nSPS) is 12.4. The summed E-state index contributed by atoms with van der Waals surface area (Å²) >= 11 is 1.46. The Morgan fingerprint density at radius 2 is 1.87 bits per heavy atom. The van der Waals surface area contributed by atoms with E-state index in [0.29, 0.717) is 0 Å². The Morgan fingerprint density at radius 3 is 2.80 bits per heavy atom. The molecule has 6 rings (SSSR count). The number of pyridine rings is 1. The van der Waals surface area contributed by atoms with Gasteiger partial charge in [-0.2, -0.15) is 0 Å². The molecule has 1 N–H and O–H groups in total. The van der Waals surface area contributed by atoms with E-state index < -0.39 is 0 Å². The zero-order chi connectivity index (χ0) is 19.9. The molecule has 7 nitrogen and oxygen atoms in total. The number of nitrogens with zero attached hydrogens (tertiary/aromatic N) is 4. The lowest BCUT2D eigenvalue weighted by atomic mass is 10.1. The second-order valence-corrected chi connectivity index (χ2v) is 7.64. The summed E-state index contributed by atoms with van der Waals surface area (Å²) in [5.74, 6) is 1.56. The Hall–Kier alpha value is -3.91. The van der Waals surface area contributed by atoms with Crippen molar-refractivity contribution in [3.8, 4) is 33.9 Å². The number of hydrogen-bond acceptors (Lipinski definition) is 7. The molecule has 0 amide bonds. The monoisotopic (exact) mass is 413 g/mol. The van der Waals surface area contributed by atoms with Crippen LogP contribution in [0, 0.1) is 0 Å². The molecule has 0 saturated heterocycles. The van der Waals surface area contributed by atoms with Gasteiger partial charge >= 0.3 is 0 Å². The lowest BCUT2D eigenvalue weighted by molar-refractivity contribution is 0.174. The van der Waals surface area contributed by atoms with Crippen molar-refractivity contribution in [2.24, 2.45) is 0 Å². The average Bonchev–Trinajstić information content (AvgIpc) is 3.53. The van der Waals surface area contributed by atoms with E-state index in [1.807, 2.05) is 42.7 Å². The van der Waals surface area contributed by atoms with Gasteiger partial charge in [0.2, 0.25) is 11.9 Å². The van der Waals surface area contributed by atoms with E-state index in [2.05, 4.69) is 49.2 Å². The maximum atomic E-state index is 5.50. The van der Waals surface area contributed by atoms with Crippen LogP contribution in [0.1, 0.15) is 0 Å². The van der Waals surface area contributed by atoms with Crippen molar-refractivity contribution in [2.75, 3.05) is 12.1 Å². The third-order valence-electron chi connectivity index (χ3n) is 4.99. The first-order chi connectivity index (χ1) is 14.8. The van der Waals surface area contributed by atoms with Gasteiger partial charge in [0.25, 0.3) is 0 Å². The number of aromatic nitrogens is 4. The Balaban J connectivity index is 1.35. The number of fused-ring (bicyclic) bond motifs is 2. The molecule has 0 fully saturated rings. The highest BCUT2D eigenvalue weighted by molar-refractivity contribution is 7.13. The summed E-state index contributed by atoms with van der Waals surface area (Å²) in [4.78, 5) is 4.63. The Bertz CT molecular complexity index is 1360. The molecular weight excluding hydrogens is 398 g/mol. The molecule has 5 aromatic rings. The molecule has 146 valence electrons. The third kappa shape index (κ3) is 2.94. The first-order valence-corrected chi connectivity index (χ1v) is 10.2. The fraction of sp³-hybridized carbons (Fsp3) is 0.0455. The van der Waals surface area contributed by atoms with Gasteiger partial charge in [-0.15, -0.1) is 10.2 Å². The molecule has 1 aliphatic rings. The summed E-state index contributed by atoms with van der Waals surface area (Å²) in [5.41, 5.74) is 7.75. The van der Waals surface area contributed by atoms with Crippen LogP contribution >= 0.6 is 11.3 Å². The van der Waals surface area contributed by atoms with E-state index in [1.54, 1.807) is 5.51 Å². The van der Waals surface area contributed by atoms with Crippen LogP contribution < -0.4 is 14.8 Å². The molecule has 0 unspecified atom stereocenters. The van der Waals surface area contributed by atoms with E-state index in [4.69, 9.17) is 9.47 Å². The Kier molecular flexibility index (Phi) is 3.88. The standard InChI is InChI=1S/C22H15N5O2S/c1-2-16(8-17(3-1)25-22-26-24-12-30-22)18-11-23-21-10-15(6-7-27(18)21)14-4-5-19-20(9-14)29-13-28-19/h1-12H,13H2,(H,25,26). The van der Waals surface area contributed by atoms with Crippen molar-refractivity contribution >= 4 is 27.8 Å². The van der Waals surface area contributed by atoms with Crippen molar-refractivity contribution in [1.29, 1.82) is 0 Å². The first-order valence-electron chi connectivity index (χ1n) is 9.34. The van der Waals surface area contributed by atoms with Crippen molar-refractivity contribution < 1.29 is 9.47 Å². The minimum Gasteiger partial charge on any atom is -0.454 e. The molecule has 4 heterocycles. The van der Waals surface area contributed by atoms with Crippen molar-refractivity contribution in [3.05, 3.63) is 72.5 Å². The van der Waals surface area contributed by atoms with Crippen LogP contribution in [0.5, 0.6) is 11.5 Å². The molecule has 0 atom stereocenters. The van der Waals surface area contributed by atoms with Crippen molar-refractivity contribution in [1.82, 2.24) is 19.6 Å². The van der Waals surface area contributed by atoms with Gasteiger partial charge in [-0.1, -0.05) is 29.5 Å². The third-order valence-corrected chi connectivity index (χ3v) is 5.60. The second-order valence-electron chi connectivity index (χ2n) is 6.80. The summed E-state index contributed by atoms with van der Waals surface area (Å²) in [5, 5.41) is 11.9. The molecule has 3 aromatic heterocycles. The number of hydrogen-bond donors (Lipinski definition) is 1. The highest BCUT2D eigenvalue weighted by Gasteiger charge is 2.15. The lowest BCUT2D eigenvalue weighted by Crippen LogP contribution is -1.93. The largest absolute Gasteiger partial charge is 0.454 e. The highest BCUT2D eigenvalue weighted by Crippen LogP contribution is 2.36. The van der Waals surface area contributed by atoms with Crippen LogP contribution in [0.15, 0.2) is 72.5 Å². The molecule has 2 aromatic carbocycles. The molecule has 0 radical (unpaired) electrons. The predicted molar refractivity (Wildman–Crippen MR) is 115 cm³/mol.